The van der Waals surface area contributed by atoms with Crippen molar-refractivity contribution in [3.8, 4) is 0 Å². The third-order valence-corrected chi connectivity index (χ3v) is 4.40. The summed E-state index contributed by atoms with van der Waals surface area (Å²) in [5.41, 5.74) is 2.03. The van der Waals surface area contributed by atoms with Crippen molar-refractivity contribution >= 4 is 22.5 Å². The number of carbonyl (C=O) groups is 1. The summed E-state index contributed by atoms with van der Waals surface area (Å²) in [7, 11) is 1.03. The first-order valence-electron chi connectivity index (χ1n) is 6.02. The first kappa shape index (κ1) is 13.1. The zero-order valence-corrected chi connectivity index (χ0v) is 11.6. The fourth-order valence-electron chi connectivity index (χ4n) is 1.99. The molecule has 2 rings (SSSR count). The summed E-state index contributed by atoms with van der Waals surface area (Å²) in [6.07, 6.45) is 0. The lowest BCUT2D eigenvalue weighted by molar-refractivity contribution is 0.211. The number of amides is 2. The van der Waals surface area contributed by atoms with E-state index in [2.05, 4.69) is 0 Å². The third-order valence-electron chi connectivity index (χ3n) is 3.12. The van der Waals surface area contributed by atoms with Gasteiger partial charge in [0.15, 0.2) is 0 Å². The van der Waals surface area contributed by atoms with Gasteiger partial charge in [0.25, 0.3) is 0 Å². The monoisotopic (exact) mass is 266 g/mol. The second-order valence-corrected chi connectivity index (χ2v) is 6.21. The molecule has 4 nitrogen and oxygen atoms in total. The number of nitrogens with zero attached hydrogens (tertiary/aromatic N) is 2. The van der Waals surface area contributed by atoms with E-state index in [4.69, 9.17) is 0 Å². The van der Waals surface area contributed by atoms with E-state index in [9.17, 15) is 9.00 Å². The molecule has 0 unspecified atom stereocenters. The van der Waals surface area contributed by atoms with E-state index in [0.717, 1.165) is 11.3 Å². The number of benzene rings is 1. The summed E-state index contributed by atoms with van der Waals surface area (Å²) in [5.74, 6) is 1.18. The third kappa shape index (κ3) is 2.90. The van der Waals surface area contributed by atoms with Crippen molar-refractivity contribution in [2.75, 3.05) is 36.5 Å². The molecule has 0 atom stereocenters. The van der Waals surface area contributed by atoms with Crippen LogP contribution in [0.25, 0.3) is 0 Å². The normalized spacial score (nSPS) is 16.7. The molecule has 0 aromatic heterocycles. The Kier molecular flexibility index (Phi) is 4.01. The number of aryl methyl sites for hydroxylation is 1. The minimum Gasteiger partial charge on any atom is -0.323 e. The molecule has 1 aliphatic rings. The lowest BCUT2D eigenvalue weighted by Crippen LogP contribution is -2.47. The molecule has 1 fully saturated rings. The molecule has 2 amide bonds. The van der Waals surface area contributed by atoms with Crippen LogP contribution >= 0.6 is 0 Å². The highest BCUT2D eigenvalue weighted by atomic mass is 32.2. The number of hydrogen-bond acceptors (Lipinski definition) is 2. The maximum atomic E-state index is 12.3. The Labute approximate surface area is 110 Å². The molecule has 98 valence electrons. The molecular formula is C13H18N2O2S. The molecule has 18 heavy (non-hydrogen) atoms. The Morgan fingerprint density at radius 3 is 2.61 bits per heavy atom. The van der Waals surface area contributed by atoms with Gasteiger partial charge in [-0.15, -0.1) is 0 Å². The van der Waals surface area contributed by atoms with Crippen LogP contribution in [0.4, 0.5) is 10.5 Å². The molecule has 5 heteroatoms. The lowest BCUT2D eigenvalue weighted by Gasteiger charge is -2.30. The predicted molar refractivity (Wildman–Crippen MR) is 74.4 cm³/mol. The summed E-state index contributed by atoms with van der Waals surface area (Å²) in [6, 6.07) is 7.84. The van der Waals surface area contributed by atoms with Gasteiger partial charge in [-0.2, -0.15) is 0 Å². The molecule has 0 saturated carbocycles. The molecule has 1 aromatic rings. The van der Waals surface area contributed by atoms with Crippen molar-refractivity contribution in [1.82, 2.24) is 4.90 Å². The molecule has 1 aromatic carbocycles. The van der Waals surface area contributed by atoms with E-state index in [1.165, 1.54) is 0 Å². The van der Waals surface area contributed by atoms with Crippen LogP contribution in [-0.4, -0.2) is 46.8 Å². The summed E-state index contributed by atoms with van der Waals surface area (Å²) in [6.45, 7) is 3.18. The highest BCUT2D eigenvalue weighted by Crippen LogP contribution is 2.16. The van der Waals surface area contributed by atoms with Crippen molar-refractivity contribution in [3.63, 3.8) is 0 Å². The van der Waals surface area contributed by atoms with Crippen molar-refractivity contribution in [1.29, 1.82) is 0 Å². The number of rotatable bonds is 1. The smallest absolute Gasteiger partial charge is 0.323 e. The topological polar surface area (TPSA) is 40.6 Å². The van der Waals surface area contributed by atoms with Crippen molar-refractivity contribution < 1.29 is 9.00 Å². The second kappa shape index (κ2) is 5.52. The summed E-state index contributed by atoms with van der Waals surface area (Å²) < 4.78 is 11.3. The van der Waals surface area contributed by atoms with Crippen LogP contribution in [0, 0.1) is 6.92 Å². The first-order chi connectivity index (χ1) is 8.58. The van der Waals surface area contributed by atoms with Gasteiger partial charge in [-0.3, -0.25) is 9.11 Å². The second-order valence-electron chi connectivity index (χ2n) is 4.52. The Balaban J connectivity index is 2.07. The van der Waals surface area contributed by atoms with E-state index in [1.54, 1.807) is 16.8 Å². The van der Waals surface area contributed by atoms with Crippen LogP contribution in [0.15, 0.2) is 24.3 Å². The average Bonchev–Trinajstić information content (AvgIpc) is 2.38. The molecule has 1 saturated heterocycles. The van der Waals surface area contributed by atoms with Crippen LogP contribution < -0.4 is 4.90 Å². The number of carbonyl (C=O) groups excluding carboxylic acids is 1. The van der Waals surface area contributed by atoms with Gasteiger partial charge in [0.2, 0.25) is 0 Å². The van der Waals surface area contributed by atoms with E-state index >= 15 is 0 Å². The van der Waals surface area contributed by atoms with Gasteiger partial charge in [0, 0.05) is 48.1 Å². The molecule has 0 aliphatic carbocycles. The zero-order chi connectivity index (χ0) is 13.1. The molecule has 0 spiro atoms. The number of urea groups is 1. The van der Waals surface area contributed by atoms with E-state index < -0.39 is 10.8 Å². The molecule has 0 bridgehead atoms. The van der Waals surface area contributed by atoms with Crippen LogP contribution in [0.5, 0.6) is 0 Å². The van der Waals surface area contributed by atoms with Crippen molar-refractivity contribution in [2.45, 2.75) is 6.92 Å². The highest BCUT2D eigenvalue weighted by Gasteiger charge is 2.23. The Morgan fingerprint density at radius 2 is 2.00 bits per heavy atom. The minimum absolute atomic E-state index is 0.0164. The Morgan fingerprint density at radius 1 is 1.33 bits per heavy atom. The highest BCUT2D eigenvalue weighted by molar-refractivity contribution is 7.85. The van der Waals surface area contributed by atoms with Gasteiger partial charge in [0.05, 0.1) is 0 Å². The van der Waals surface area contributed by atoms with Crippen molar-refractivity contribution in [2.24, 2.45) is 0 Å². The van der Waals surface area contributed by atoms with Gasteiger partial charge < -0.3 is 4.90 Å². The largest absolute Gasteiger partial charge is 0.324 e. The van der Waals surface area contributed by atoms with Gasteiger partial charge in [-0.25, -0.2) is 4.79 Å². The Hall–Kier alpha value is -1.36. The minimum atomic E-state index is -0.751. The van der Waals surface area contributed by atoms with Crippen LogP contribution in [0.1, 0.15) is 5.56 Å². The molecule has 1 aliphatic heterocycles. The Bertz CT molecular complexity index is 466. The van der Waals surface area contributed by atoms with Gasteiger partial charge in [-0.05, 0) is 24.6 Å². The van der Waals surface area contributed by atoms with Gasteiger partial charge in [0.1, 0.15) is 0 Å². The maximum absolute atomic E-state index is 12.3. The van der Waals surface area contributed by atoms with Crippen molar-refractivity contribution in [3.05, 3.63) is 29.8 Å². The molecule has 0 N–H and O–H groups in total. The fraction of sp³-hybridized carbons (Fsp3) is 0.462. The first-order valence-corrected chi connectivity index (χ1v) is 7.51. The summed E-state index contributed by atoms with van der Waals surface area (Å²) in [4.78, 5) is 15.7. The SMILES string of the molecule is Cc1cccc(N(C)C(=O)N2CCS(=O)CC2)c1. The molecular weight excluding hydrogens is 248 g/mol. The molecule has 0 radical (unpaired) electrons. The standard InChI is InChI=1S/C13H18N2O2S/c1-11-4-3-5-12(10-11)14(2)13(16)15-6-8-18(17)9-7-15/h3-5,10H,6-9H2,1-2H3. The number of hydrogen-bond donors (Lipinski definition) is 0. The van der Waals surface area contributed by atoms with Gasteiger partial charge >= 0.3 is 6.03 Å². The fourth-order valence-corrected chi connectivity index (χ4v) is 3.04. The predicted octanol–water partition coefficient (Wildman–Crippen LogP) is 1.62. The summed E-state index contributed by atoms with van der Waals surface area (Å²) >= 11 is 0. The van der Waals surface area contributed by atoms with E-state index in [1.807, 2.05) is 31.2 Å². The van der Waals surface area contributed by atoms with Gasteiger partial charge in [-0.1, -0.05) is 12.1 Å². The molecule has 1 heterocycles. The average molecular weight is 266 g/mol. The van der Waals surface area contributed by atoms with E-state index in [0.29, 0.717) is 24.6 Å². The van der Waals surface area contributed by atoms with Crippen LogP contribution in [0.3, 0.4) is 0 Å². The van der Waals surface area contributed by atoms with Crippen LogP contribution in [-0.2, 0) is 10.8 Å². The number of anilines is 1. The lowest BCUT2D eigenvalue weighted by atomic mass is 10.2. The van der Waals surface area contributed by atoms with Crippen LogP contribution in [0.2, 0.25) is 0 Å². The zero-order valence-electron chi connectivity index (χ0n) is 10.8. The van der Waals surface area contributed by atoms with E-state index in [-0.39, 0.29) is 6.03 Å². The maximum Gasteiger partial charge on any atom is 0.324 e. The quantitative estimate of drug-likeness (QED) is 0.775. The summed E-state index contributed by atoms with van der Waals surface area (Å²) in [5, 5.41) is 0.